The Morgan fingerprint density at radius 1 is 0.538 bits per heavy atom. The van der Waals surface area contributed by atoms with E-state index >= 15 is 0 Å². The van der Waals surface area contributed by atoms with Crippen molar-refractivity contribution < 1.29 is 0 Å². The van der Waals surface area contributed by atoms with Crippen molar-refractivity contribution in [1.29, 1.82) is 0 Å². The van der Waals surface area contributed by atoms with E-state index in [0.717, 1.165) is 5.52 Å². The zero-order valence-electron chi connectivity index (χ0n) is 14.1. The maximum absolute atomic E-state index is 4.67. The Morgan fingerprint density at radius 3 is 2.12 bits per heavy atom. The highest BCUT2D eigenvalue weighted by Crippen LogP contribution is 2.39. The van der Waals surface area contributed by atoms with Gasteiger partial charge in [0.2, 0.25) is 0 Å². The van der Waals surface area contributed by atoms with E-state index in [1.165, 1.54) is 48.8 Å². The molecule has 1 aromatic heterocycles. The minimum atomic E-state index is 1.04. The van der Waals surface area contributed by atoms with E-state index < -0.39 is 0 Å². The van der Waals surface area contributed by atoms with Crippen LogP contribution in [0.5, 0.6) is 0 Å². The second-order valence-corrected chi connectivity index (χ2v) is 6.89. The van der Waals surface area contributed by atoms with Crippen molar-refractivity contribution in [2.45, 2.75) is 0 Å². The Labute approximate surface area is 150 Å². The summed E-state index contributed by atoms with van der Waals surface area (Å²) < 4.78 is 0. The van der Waals surface area contributed by atoms with Gasteiger partial charge < -0.3 is 0 Å². The van der Waals surface area contributed by atoms with Gasteiger partial charge in [-0.15, -0.1) is 0 Å². The van der Waals surface area contributed by atoms with Crippen LogP contribution in [-0.4, -0.2) is 4.98 Å². The summed E-state index contributed by atoms with van der Waals surface area (Å²) in [4.78, 5) is 4.67. The monoisotopic (exact) mass is 329 g/mol. The molecule has 6 rings (SSSR count). The summed E-state index contributed by atoms with van der Waals surface area (Å²) in [5.41, 5.74) is 3.45. The van der Waals surface area contributed by atoms with Crippen molar-refractivity contribution in [3.8, 4) is 11.1 Å². The molecule has 0 atom stereocenters. The SMILES string of the molecule is c1ccc2ncc(-c3ccc4ccc5cccc6ccc3c4c56)cc2c1. The fraction of sp³-hybridized carbons (Fsp3) is 0. The lowest BCUT2D eigenvalue weighted by atomic mass is 9.90. The highest BCUT2D eigenvalue weighted by atomic mass is 14.6. The average molecular weight is 329 g/mol. The van der Waals surface area contributed by atoms with E-state index in [1.807, 2.05) is 12.3 Å². The summed E-state index contributed by atoms with van der Waals surface area (Å²) in [6.07, 6.45) is 1.99. The molecule has 6 aromatic rings. The molecule has 0 aliphatic rings. The van der Waals surface area contributed by atoms with Gasteiger partial charge in [-0.2, -0.15) is 0 Å². The number of aromatic nitrogens is 1. The highest BCUT2D eigenvalue weighted by molar-refractivity contribution is 6.25. The normalized spacial score (nSPS) is 11.8. The Balaban J connectivity index is 1.75. The van der Waals surface area contributed by atoms with Gasteiger partial charge >= 0.3 is 0 Å². The Bertz CT molecular complexity index is 1410. The molecule has 0 spiro atoms. The van der Waals surface area contributed by atoms with Gasteiger partial charge in [-0.3, -0.25) is 4.98 Å². The van der Waals surface area contributed by atoms with Gasteiger partial charge in [-0.05, 0) is 50.0 Å². The van der Waals surface area contributed by atoms with Gasteiger partial charge in [0.05, 0.1) is 5.52 Å². The maximum atomic E-state index is 4.67. The number of hydrogen-bond donors (Lipinski definition) is 0. The summed E-state index contributed by atoms with van der Waals surface area (Å²) in [6, 6.07) is 30.5. The smallest absolute Gasteiger partial charge is 0.0702 e. The van der Waals surface area contributed by atoms with Gasteiger partial charge in [-0.1, -0.05) is 72.8 Å². The number of para-hydroxylation sites is 1. The van der Waals surface area contributed by atoms with E-state index in [2.05, 4.69) is 83.8 Å². The number of fused-ring (bicyclic) bond motifs is 1. The second kappa shape index (κ2) is 5.03. The molecule has 5 aromatic carbocycles. The average Bonchev–Trinajstić information content (AvgIpc) is 2.71. The lowest BCUT2D eigenvalue weighted by molar-refractivity contribution is 1.41. The molecule has 0 fully saturated rings. The standard InChI is InChI=1S/C25H15N/c1-2-7-23-19(4-1)14-20(15-26-23)21-12-10-18-9-8-16-5-3-6-17-11-13-22(21)25(18)24(16)17/h1-15H. The Hall–Kier alpha value is -3.45. The van der Waals surface area contributed by atoms with E-state index in [0.29, 0.717) is 0 Å². The van der Waals surface area contributed by atoms with E-state index in [9.17, 15) is 0 Å². The van der Waals surface area contributed by atoms with Gasteiger partial charge in [0.25, 0.3) is 0 Å². The number of rotatable bonds is 1. The molecule has 0 radical (unpaired) electrons. The molecule has 26 heavy (non-hydrogen) atoms. The molecular formula is C25H15N. The predicted molar refractivity (Wildman–Crippen MR) is 111 cm³/mol. The number of benzene rings is 5. The summed E-state index contributed by atoms with van der Waals surface area (Å²) in [6.45, 7) is 0. The summed E-state index contributed by atoms with van der Waals surface area (Å²) in [5, 5.41) is 9.08. The third-order valence-corrected chi connectivity index (χ3v) is 5.43. The van der Waals surface area contributed by atoms with Gasteiger partial charge in [0, 0.05) is 17.1 Å². The first-order valence-electron chi connectivity index (χ1n) is 8.90. The maximum Gasteiger partial charge on any atom is 0.0702 e. The summed E-state index contributed by atoms with van der Waals surface area (Å²) in [5.74, 6) is 0. The first-order chi connectivity index (χ1) is 12.9. The third-order valence-electron chi connectivity index (χ3n) is 5.43. The number of hydrogen-bond acceptors (Lipinski definition) is 1. The molecular weight excluding hydrogens is 314 g/mol. The highest BCUT2D eigenvalue weighted by Gasteiger charge is 2.12. The van der Waals surface area contributed by atoms with Gasteiger partial charge in [-0.25, -0.2) is 0 Å². The summed E-state index contributed by atoms with van der Waals surface area (Å²) >= 11 is 0. The van der Waals surface area contributed by atoms with Gasteiger partial charge in [0.15, 0.2) is 0 Å². The third kappa shape index (κ3) is 1.83. The molecule has 0 amide bonds. The van der Waals surface area contributed by atoms with Crippen molar-refractivity contribution >= 4 is 43.2 Å². The van der Waals surface area contributed by atoms with Crippen LogP contribution in [0.2, 0.25) is 0 Å². The lowest BCUT2D eigenvalue weighted by Crippen LogP contribution is -1.88. The van der Waals surface area contributed by atoms with Crippen molar-refractivity contribution in [2.75, 3.05) is 0 Å². The molecule has 0 saturated carbocycles. The van der Waals surface area contributed by atoms with E-state index in [-0.39, 0.29) is 0 Å². The van der Waals surface area contributed by atoms with Crippen molar-refractivity contribution in [2.24, 2.45) is 0 Å². The van der Waals surface area contributed by atoms with Crippen LogP contribution in [0.15, 0.2) is 91.1 Å². The first kappa shape index (κ1) is 13.8. The molecule has 1 nitrogen and oxygen atoms in total. The van der Waals surface area contributed by atoms with Crippen molar-refractivity contribution in [1.82, 2.24) is 4.98 Å². The van der Waals surface area contributed by atoms with Crippen LogP contribution < -0.4 is 0 Å². The lowest BCUT2D eigenvalue weighted by Gasteiger charge is -2.14. The zero-order chi connectivity index (χ0) is 17.1. The molecule has 1 heteroatoms. The van der Waals surface area contributed by atoms with E-state index in [4.69, 9.17) is 0 Å². The van der Waals surface area contributed by atoms with Crippen LogP contribution in [-0.2, 0) is 0 Å². The quantitative estimate of drug-likeness (QED) is 0.302. The molecule has 0 N–H and O–H groups in total. The topological polar surface area (TPSA) is 12.9 Å². The molecule has 0 aliphatic heterocycles. The largest absolute Gasteiger partial charge is 0.256 e. The molecule has 0 aliphatic carbocycles. The molecule has 0 bridgehead atoms. The van der Waals surface area contributed by atoms with Crippen LogP contribution in [0.25, 0.3) is 54.3 Å². The van der Waals surface area contributed by atoms with Crippen molar-refractivity contribution in [3.05, 3.63) is 91.1 Å². The molecule has 120 valence electrons. The number of pyridine rings is 1. The zero-order valence-corrected chi connectivity index (χ0v) is 14.1. The van der Waals surface area contributed by atoms with Crippen LogP contribution in [0.4, 0.5) is 0 Å². The van der Waals surface area contributed by atoms with Crippen LogP contribution in [0.3, 0.4) is 0 Å². The van der Waals surface area contributed by atoms with Crippen molar-refractivity contribution in [3.63, 3.8) is 0 Å². The Morgan fingerprint density at radius 2 is 1.23 bits per heavy atom. The fourth-order valence-electron chi connectivity index (χ4n) is 4.21. The Kier molecular flexibility index (Phi) is 2.67. The molecule has 0 saturated heterocycles. The summed E-state index contributed by atoms with van der Waals surface area (Å²) in [7, 11) is 0. The first-order valence-corrected chi connectivity index (χ1v) is 8.90. The van der Waals surface area contributed by atoms with Crippen LogP contribution >= 0.6 is 0 Å². The minimum absolute atomic E-state index is 1.04. The van der Waals surface area contributed by atoms with E-state index in [1.54, 1.807) is 0 Å². The van der Waals surface area contributed by atoms with Crippen LogP contribution in [0, 0.1) is 0 Å². The molecule has 1 heterocycles. The second-order valence-electron chi connectivity index (χ2n) is 6.89. The predicted octanol–water partition coefficient (Wildman–Crippen LogP) is 6.80. The van der Waals surface area contributed by atoms with Gasteiger partial charge in [0.1, 0.15) is 0 Å². The fourth-order valence-corrected chi connectivity index (χ4v) is 4.21. The number of nitrogens with zero attached hydrogens (tertiary/aromatic N) is 1. The minimum Gasteiger partial charge on any atom is -0.256 e. The molecule has 0 unspecified atom stereocenters. The van der Waals surface area contributed by atoms with Crippen LogP contribution in [0.1, 0.15) is 0 Å².